The van der Waals surface area contributed by atoms with Gasteiger partial charge in [-0.2, -0.15) is 11.3 Å². The molecule has 0 fully saturated rings. The normalized spacial score (nSPS) is 12.8. The van der Waals surface area contributed by atoms with Crippen LogP contribution >= 0.6 is 11.3 Å². The summed E-state index contributed by atoms with van der Waals surface area (Å²) in [4.78, 5) is 0. The molecule has 2 rings (SSSR count). The first-order valence-corrected chi connectivity index (χ1v) is 8.02. The quantitative estimate of drug-likeness (QED) is 0.784. The lowest BCUT2D eigenvalue weighted by Crippen LogP contribution is -2.22. The number of rotatable bonds is 6. The fourth-order valence-corrected chi connectivity index (χ4v) is 2.92. The van der Waals surface area contributed by atoms with Gasteiger partial charge < -0.3 is 5.32 Å². The lowest BCUT2D eigenvalue weighted by molar-refractivity contribution is 0.599. The van der Waals surface area contributed by atoms with Crippen molar-refractivity contribution in [2.45, 2.75) is 39.2 Å². The van der Waals surface area contributed by atoms with Crippen molar-refractivity contribution in [3.05, 3.63) is 57.8 Å². The summed E-state index contributed by atoms with van der Waals surface area (Å²) in [5.74, 6) is 0.595. The van der Waals surface area contributed by atoms with E-state index in [1.54, 1.807) is 11.3 Å². The van der Waals surface area contributed by atoms with Gasteiger partial charge in [-0.3, -0.25) is 0 Å². The van der Waals surface area contributed by atoms with Gasteiger partial charge in [-0.15, -0.1) is 0 Å². The third kappa shape index (κ3) is 3.68. The van der Waals surface area contributed by atoms with Crippen molar-refractivity contribution in [1.29, 1.82) is 0 Å². The molecule has 1 nitrogen and oxygen atoms in total. The molecule has 1 atom stereocenters. The summed E-state index contributed by atoms with van der Waals surface area (Å²) in [5.41, 5.74) is 4.13. The van der Waals surface area contributed by atoms with E-state index in [0.29, 0.717) is 12.0 Å². The lowest BCUT2D eigenvalue weighted by Gasteiger charge is -2.19. The number of hydrogen-bond donors (Lipinski definition) is 1. The minimum absolute atomic E-state index is 0.326. The minimum Gasteiger partial charge on any atom is -0.306 e. The van der Waals surface area contributed by atoms with Crippen LogP contribution in [0.4, 0.5) is 0 Å². The molecule has 1 aromatic carbocycles. The monoisotopic (exact) mass is 273 g/mol. The maximum Gasteiger partial charge on any atom is 0.0584 e. The number of thiophene rings is 1. The molecule has 2 aromatic rings. The third-order valence-corrected chi connectivity index (χ3v) is 4.11. The minimum atomic E-state index is 0.326. The predicted octanol–water partition coefficient (Wildman–Crippen LogP) is 4.96. The zero-order valence-electron chi connectivity index (χ0n) is 12.0. The van der Waals surface area contributed by atoms with E-state index in [9.17, 15) is 0 Å². The Labute approximate surface area is 120 Å². The summed E-state index contributed by atoms with van der Waals surface area (Å²) in [6.45, 7) is 7.73. The fourth-order valence-electron chi connectivity index (χ4n) is 2.23. The molecule has 0 aliphatic rings. The average molecular weight is 273 g/mol. The van der Waals surface area contributed by atoms with Crippen LogP contribution < -0.4 is 5.32 Å². The van der Waals surface area contributed by atoms with Gasteiger partial charge >= 0.3 is 0 Å². The van der Waals surface area contributed by atoms with Gasteiger partial charge in [0.15, 0.2) is 0 Å². The fraction of sp³-hybridized carbons (Fsp3) is 0.412. The van der Waals surface area contributed by atoms with Gasteiger partial charge in [0.2, 0.25) is 0 Å². The second-order valence-electron chi connectivity index (χ2n) is 5.27. The largest absolute Gasteiger partial charge is 0.306 e. The van der Waals surface area contributed by atoms with Crippen molar-refractivity contribution in [2.24, 2.45) is 0 Å². The summed E-state index contributed by atoms with van der Waals surface area (Å²) < 4.78 is 0. The zero-order chi connectivity index (χ0) is 13.7. The molecule has 0 amide bonds. The Morgan fingerprint density at radius 2 is 1.68 bits per heavy atom. The van der Waals surface area contributed by atoms with Crippen LogP contribution in [0.1, 0.15) is 55.8 Å². The van der Waals surface area contributed by atoms with E-state index in [1.807, 2.05) is 0 Å². The highest BCUT2D eigenvalue weighted by atomic mass is 32.1. The highest BCUT2D eigenvalue weighted by molar-refractivity contribution is 7.08. The van der Waals surface area contributed by atoms with Crippen LogP contribution in [0, 0.1) is 0 Å². The van der Waals surface area contributed by atoms with Gasteiger partial charge in [0.25, 0.3) is 0 Å². The Morgan fingerprint density at radius 3 is 2.21 bits per heavy atom. The summed E-state index contributed by atoms with van der Waals surface area (Å²) >= 11 is 1.76. The van der Waals surface area contributed by atoms with Crippen molar-refractivity contribution in [3.8, 4) is 0 Å². The molecular weight excluding hydrogens is 250 g/mol. The lowest BCUT2D eigenvalue weighted by atomic mass is 9.96. The van der Waals surface area contributed by atoms with Gasteiger partial charge in [0, 0.05) is 0 Å². The molecule has 102 valence electrons. The van der Waals surface area contributed by atoms with E-state index in [2.05, 4.69) is 67.2 Å². The Bertz CT molecular complexity index is 470. The van der Waals surface area contributed by atoms with Gasteiger partial charge in [0.1, 0.15) is 0 Å². The van der Waals surface area contributed by atoms with Gasteiger partial charge in [-0.25, -0.2) is 0 Å². The second-order valence-corrected chi connectivity index (χ2v) is 6.05. The Kier molecular flexibility index (Phi) is 5.17. The summed E-state index contributed by atoms with van der Waals surface area (Å²) in [6, 6.07) is 11.6. The molecule has 1 unspecified atom stereocenters. The molecule has 0 bridgehead atoms. The van der Waals surface area contributed by atoms with E-state index in [4.69, 9.17) is 0 Å². The molecule has 19 heavy (non-hydrogen) atoms. The molecule has 1 aromatic heterocycles. The molecule has 2 heteroatoms. The van der Waals surface area contributed by atoms with Crippen LogP contribution in [-0.4, -0.2) is 6.54 Å². The molecule has 1 heterocycles. The van der Waals surface area contributed by atoms with Crippen LogP contribution in [0.3, 0.4) is 0 Å². The average Bonchev–Trinajstić information content (AvgIpc) is 2.94. The maximum absolute atomic E-state index is 3.64. The first-order valence-electron chi connectivity index (χ1n) is 7.07. The smallest absolute Gasteiger partial charge is 0.0584 e. The third-order valence-electron chi connectivity index (χ3n) is 3.41. The molecule has 0 spiro atoms. The van der Waals surface area contributed by atoms with Gasteiger partial charge in [-0.05, 0) is 52.4 Å². The highest BCUT2D eigenvalue weighted by Gasteiger charge is 2.13. The Balaban J connectivity index is 2.22. The predicted molar refractivity (Wildman–Crippen MR) is 85.0 cm³/mol. The topological polar surface area (TPSA) is 12.0 Å². The summed E-state index contributed by atoms with van der Waals surface area (Å²) in [6.07, 6.45) is 1.16. The summed E-state index contributed by atoms with van der Waals surface area (Å²) in [5, 5.41) is 8.03. The van der Waals surface area contributed by atoms with Crippen LogP contribution in [0.15, 0.2) is 41.1 Å². The van der Waals surface area contributed by atoms with Gasteiger partial charge in [-0.1, -0.05) is 45.0 Å². The molecule has 0 saturated carbocycles. The Morgan fingerprint density at radius 1 is 1.00 bits per heavy atom. The molecule has 0 aliphatic heterocycles. The standard InChI is InChI=1S/C17H23NS/c1-4-10-18-17(16-9-11-19-12-16)15-7-5-14(6-8-15)13(2)3/h5-9,11-13,17-18H,4,10H2,1-3H3. The number of nitrogens with one attached hydrogen (secondary N) is 1. The van der Waals surface area contributed by atoms with Crippen molar-refractivity contribution >= 4 is 11.3 Å². The Hall–Kier alpha value is -1.12. The molecule has 0 radical (unpaired) electrons. The molecule has 0 saturated heterocycles. The van der Waals surface area contributed by atoms with Crippen LogP contribution in [0.25, 0.3) is 0 Å². The van der Waals surface area contributed by atoms with Crippen molar-refractivity contribution in [1.82, 2.24) is 5.32 Å². The highest BCUT2D eigenvalue weighted by Crippen LogP contribution is 2.25. The first kappa shape index (κ1) is 14.3. The van der Waals surface area contributed by atoms with Crippen LogP contribution in [-0.2, 0) is 0 Å². The SMILES string of the molecule is CCCNC(c1ccc(C(C)C)cc1)c1ccsc1. The van der Waals surface area contributed by atoms with Crippen molar-refractivity contribution < 1.29 is 0 Å². The van der Waals surface area contributed by atoms with Gasteiger partial charge in [0.05, 0.1) is 6.04 Å². The van der Waals surface area contributed by atoms with E-state index < -0.39 is 0 Å². The van der Waals surface area contributed by atoms with E-state index in [0.717, 1.165) is 13.0 Å². The van der Waals surface area contributed by atoms with Crippen LogP contribution in [0.5, 0.6) is 0 Å². The molecule has 0 aliphatic carbocycles. The van der Waals surface area contributed by atoms with E-state index >= 15 is 0 Å². The molecule has 1 N–H and O–H groups in total. The van der Waals surface area contributed by atoms with E-state index in [1.165, 1.54) is 16.7 Å². The summed E-state index contributed by atoms with van der Waals surface area (Å²) in [7, 11) is 0. The second kappa shape index (κ2) is 6.88. The van der Waals surface area contributed by atoms with E-state index in [-0.39, 0.29) is 0 Å². The zero-order valence-corrected chi connectivity index (χ0v) is 12.8. The first-order chi connectivity index (χ1) is 9.22. The van der Waals surface area contributed by atoms with Crippen LogP contribution in [0.2, 0.25) is 0 Å². The van der Waals surface area contributed by atoms with Crippen molar-refractivity contribution in [3.63, 3.8) is 0 Å². The number of hydrogen-bond acceptors (Lipinski definition) is 2. The van der Waals surface area contributed by atoms with Crippen molar-refractivity contribution in [2.75, 3.05) is 6.54 Å². The molecular formula is C17H23NS. The maximum atomic E-state index is 3.64. The number of benzene rings is 1.